The van der Waals surface area contributed by atoms with Crippen molar-refractivity contribution in [3.05, 3.63) is 109 Å². The summed E-state index contributed by atoms with van der Waals surface area (Å²) in [6.07, 6.45) is 0. The van der Waals surface area contributed by atoms with Crippen LogP contribution >= 0.6 is 0 Å². The predicted molar refractivity (Wildman–Crippen MR) is 129 cm³/mol. The fourth-order valence-electron chi connectivity index (χ4n) is 2.18. The molecule has 0 spiro atoms. The topological polar surface area (TPSA) is 46.9 Å². The van der Waals surface area contributed by atoms with Crippen LogP contribution in [-0.2, 0) is 26.2 Å². The molecule has 0 radical (unpaired) electrons. The van der Waals surface area contributed by atoms with Gasteiger partial charge in [0.05, 0.1) is 0 Å². The van der Waals surface area contributed by atoms with E-state index in [9.17, 15) is 0 Å². The van der Waals surface area contributed by atoms with Crippen molar-refractivity contribution in [2.75, 3.05) is 38.0 Å². The van der Waals surface area contributed by atoms with Crippen LogP contribution in [0.15, 0.2) is 109 Å². The number of phenols is 2. The fraction of sp³-hybridized carbons (Fsp3) is 0.154. The van der Waals surface area contributed by atoms with Crippen molar-refractivity contribution in [2.24, 2.45) is 0 Å². The van der Waals surface area contributed by atoms with Crippen LogP contribution in [0.2, 0.25) is 0 Å². The summed E-state index contributed by atoms with van der Waals surface area (Å²) in [7, 11) is 7.76. The first kappa shape index (κ1) is 28.2. The molecule has 0 unspecified atom stereocenters. The molecule has 162 valence electrons. The molecule has 0 bridgehead atoms. The van der Waals surface area contributed by atoms with Crippen molar-refractivity contribution in [3.8, 4) is 11.5 Å². The summed E-state index contributed by atoms with van der Waals surface area (Å²) in [5.41, 5.74) is 2.03. The Morgan fingerprint density at radius 3 is 1.03 bits per heavy atom. The van der Waals surface area contributed by atoms with Gasteiger partial charge in [-0.25, -0.2) is 24.3 Å². The molecular formula is C26H32N2O2Zr. The largest absolute Gasteiger partial charge is 2.00 e. The first-order valence-corrected chi connectivity index (χ1v) is 9.66. The molecule has 0 aliphatic rings. The van der Waals surface area contributed by atoms with Gasteiger partial charge in [0.25, 0.3) is 0 Å². The van der Waals surface area contributed by atoms with Crippen molar-refractivity contribution < 1.29 is 36.4 Å². The minimum Gasteiger partial charge on any atom is -0.508 e. The Labute approximate surface area is 205 Å². The van der Waals surface area contributed by atoms with Gasteiger partial charge in [0.2, 0.25) is 0 Å². The molecular weight excluding hydrogens is 464 g/mol. The summed E-state index contributed by atoms with van der Waals surface area (Å²) < 4.78 is 0. The van der Waals surface area contributed by atoms with Gasteiger partial charge in [-0.15, -0.1) is 0 Å². The maximum absolute atomic E-state index is 9.04. The Morgan fingerprint density at radius 1 is 0.548 bits per heavy atom. The van der Waals surface area contributed by atoms with Crippen LogP contribution < -0.4 is 9.80 Å². The first-order chi connectivity index (χ1) is 14.4. The van der Waals surface area contributed by atoms with Crippen molar-refractivity contribution in [1.29, 1.82) is 0 Å². The van der Waals surface area contributed by atoms with Crippen LogP contribution in [0.5, 0.6) is 11.5 Å². The molecule has 2 N–H and O–H groups in total. The molecule has 4 nitrogen and oxygen atoms in total. The number of hydrogen-bond acceptors (Lipinski definition) is 4. The third kappa shape index (κ3) is 14.0. The molecule has 4 aromatic rings. The summed E-state index contributed by atoms with van der Waals surface area (Å²) >= 11 is 0. The third-order valence-corrected chi connectivity index (χ3v) is 3.80. The van der Waals surface area contributed by atoms with Crippen LogP contribution in [0.1, 0.15) is 0 Å². The Hall–Kier alpha value is -2.78. The number of anilines is 2. The van der Waals surface area contributed by atoms with Crippen molar-refractivity contribution in [1.82, 2.24) is 0 Å². The first-order valence-electron chi connectivity index (χ1n) is 9.66. The van der Waals surface area contributed by atoms with E-state index in [-0.39, 0.29) is 26.2 Å². The standard InChI is InChI=1S/2C8H11NO.2C5H5.Zr/c2*1-9(2)7-4-3-5-8(10)6-7;2*1-2-4-5-3-1;/h2*3-6,10H,1-2H3;2*1-5H;/q;;2*-1;+2. The quantitative estimate of drug-likeness (QED) is 0.349. The average Bonchev–Trinajstić information content (AvgIpc) is 3.47. The Kier molecular flexibility index (Phi) is 15.4. The molecule has 0 aliphatic carbocycles. The van der Waals surface area contributed by atoms with Gasteiger partial charge in [-0.05, 0) is 24.3 Å². The summed E-state index contributed by atoms with van der Waals surface area (Å²) in [4.78, 5) is 3.89. The smallest absolute Gasteiger partial charge is 0.508 e. The molecule has 4 rings (SSSR count). The van der Waals surface area contributed by atoms with Crippen molar-refractivity contribution >= 4 is 11.4 Å². The van der Waals surface area contributed by atoms with E-state index in [0.29, 0.717) is 11.5 Å². The van der Waals surface area contributed by atoms with Crippen LogP contribution in [0.4, 0.5) is 11.4 Å². The maximum Gasteiger partial charge on any atom is 2.00 e. The fourth-order valence-corrected chi connectivity index (χ4v) is 2.18. The van der Waals surface area contributed by atoms with Gasteiger partial charge in [0.1, 0.15) is 11.5 Å². The Balaban J connectivity index is 0.000000401. The minimum absolute atomic E-state index is 0. The van der Waals surface area contributed by atoms with E-state index in [1.807, 2.05) is 123 Å². The van der Waals surface area contributed by atoms with Gasteiger partial charge >= 0.3 is 26.2 Å². The molecule has 0 heterocycles. The maximum atomic E-state index is 9.04. The zero-order valence-electron chi connectivity index (χ0n) is 18.7. The minimum atomic E-state index is 0. The van der Waals surface area contributed by atoms with Crippen LogP contribution in [0, 0.1) is 0 Å². The normalized spacial score (nSPS) is 8.65. The van der Waals surface area contributed by atoms with Gasteiger partial charge < -0.3 is 20.0 Å². The number of phenolic OH excluding ortho intramolecular Hbond substituents is 2. The average molecular weight is 496 g/mol. The molecule has 0 saturated carbocycles. The molecule has 0 amide bonds. The van der Waals surface area contributed by atoms with Gasteiger partial charge in [-0.3, -0.25) is 0 Å². The summed E-state index contributed by atoms with van der Waals surface area (Å²) in [6.45, 7) is 0. The van der Waals surface area contributed by atoms with E-state index in [4.69, 9.17) is 10.2 Å². The number of aromatic hydroxyl groups is 2. The van der Waals surface area contributed by atoms with Gasteiger partial charge in [0, 0.05) is 51.7 Å². The van der Waals surface area contributed by atoms with Gasteiger partial charge in [0.15, 0.2) is 0 Å². The predicted octanol–water partition coefficient (Wildman–Crippen LogP) is 5.72. The van der Waals surface area contributed by atoms with E-state index in [2.05, 4.69) is 0 Å². The monoisotopic (exact) mass is 494 g/mol. The molecule has 4 aromatic carbocycles. The molecule has 0 aromatic heterocycles. The summed E-state index contributed by atoms with van der Waals surface area (Å²) in [6, 6.07) is 34.3. The summed E-state index contributed by atoms with van der Waals surface area (Å²) in [5.74, 6) is 0.623. The van der Waals surface area contributed by atoms with E-state index in [0.717, 1.165) is 11.4 Å². The molecule has 0 aliphatic heterocycles. The number of nitrogens with zero attached hydrogens (tertiary/aromatic N) is 2. The molecule has 0 atom stereocenters. The van der Waals surface area contributed by atoms with Crippen LogP contribution in [0.25, 0.3) is 0 Å². The van der Waals surface area contributed by atoms with E-state index < -0.39 is 0 Å². The zero-order valence-corrected chi connectivity index (χ0v) is 21.1. The second-order valence-corrected chi connectivity index (χ2v) is 6.75. The Bertz CT molecular complexity index is 779. The SMILES string of the molecule is CN(C)c1cccc(O)c1.CN(C)c1cccc(O)c1.[Zr+2].c1cc[cH-]c1.c1cc[cH-]c1. The molecule has 0 saturated heterocycles. The molecule has 31 heavy (non-hydrogen) atoms. The number of hydrogen-bond donors (Lipinski definition) is 2. The van der Waals surface area contributed by atoms with E-state index in [1.54, 1.807) is 24.3 Å². The Morgan fingerprint density at radius 2 is 0.871 bits per heavy atom. The molecule has 0 fully saturated rings. The van der Waals surface area contributed by atoms with Crippen molar-refractivity contribution in [3.63, 3.8) is 0 Å². The number of benzene rings is 2. The van der Waals surface area contributed by atoms with Crippen LogP contribution in [0.3, 0.4) is 0 Å². The number of rotatable bonds is 2. The summed E-state index contributed by atoms with van der Waals surface area (Å²) in [5, 5.41) is 18.1. The third-order valence-electron chi connectivity index (χ3n) is 3.80. The molecule has 5 heteroatoms. The zero-order chi connectivity index (χ0) is 22.2. The van der Waals surface area contributed by atoms with E-state index >= 15 is 0 Å². The second kappa shape index (κ2) is 17.0. The van der Waals surface area contributed by atoms with Crippen molar-refractivity contribution in [2.45, 2.75) is 0 Å². The second-order valence-electron chi connectivity index (χ2n) is 6.75. The van der Waals surface area contributed by atoms with Gasteiger partial charge in [-0.1, -0.05) is 12.1 Å². The van der Waals surface area contributed by atoms with Crippen LogP contribution in [-0.4, -0.2) is 38.4 Å². The van der Waals surface area contributed by atoms with Gasteiger partial charge in [-0.2, -0.15) is 36.4 Å². The van der Waals surface area contributed by atoms with E-state index in [1.165, 1.54) is 0 Å².